The van der Waals surface area contributed by atoms with Crippen LogP contribution in [0.5, 0.6) is 5.75 Å². The Balaban J connectivity index is 1.62. The first-order valence-corrected chi connectivity index (χ1v) is 9.81. The number of amides is 1. The minimum atomic E-state index is -0.471. The van der Waals surface area contributed by atoms with Gasteiger partial charge in [-0.2, -0.15) is 11.8 Å². The molecule has 1 aliphatic carbocycles. The molecule has 1 N–H and O–H groups in total. The molecule has 0 aliphatic heterocycles. The van der Waals surface area contributed by atoms with Crippen LogP contribution in [-0.2, 0) is 4.79 Å². The molecule has 1 aliphatic rings. The van der Waals surface area contributed by atoms with E-state index in [1.54, 1.807) is 6.92 Å². The summed E-state index contributed by atoms with van der Waals surface area (Å²) in [6.07, 6.45) is 6.31. The number of halogens is 1. The van der Waals surface area contributed by atoms with Crippen molar-refractivity contribution < 1.29 is 9.53 Å². The van der Waals surface area contributed by atoms with E-state index in [4.69, 9.17) is 4.74 Å². The number of hydrogen-bond donors (Lipinski definition) is 1. The number of rotatable bonds is 7. The van der Waals surface area contributed by atoms with Crippen molar-refractivity contribution in [2.24, 2.45) is 0 Å². The van der Waals surface area contributed by atoms with Gasteiger partial charge in [-0.3, -0.25) is 4.79 Å². The molecule has 0 aromatic heterocycles. The highest BCUT2D eigenvalue weighted by atomic mass is 79.9. The van der Waals surface area contributed by atoms with Crippen LogP contribution in [0.15, 0.2) is 28.7 Å². The molecule has 1 atom stereocenters. The first kappa shape index (κ1) is 17.7. The molecular formula is C17H24BrNO2S. The third kappa shape index (κ3) is 6.21. The van der Waals surface area contributed by atoms with Crippen LogP contribution < -0.4 is 10.1 Å². The predicted molar refractivity (Wildman–Crippen MR) is 96.6 cm³/mol. The highest BCUT2D eigenvalue weighted by molar-refractivity contribution is 9.10. The van der Waals surface area contributed by atoms with Gasteiger partial charge in [0.15, 0.2) is 6.10 Å². The minimum absolute atomic E-state index is 0.0489. The summed E-state index contributed by atoms with van der Waals surface area (Å²) in [5, 5.41) is 3.75. The second kappa shape index (κ2) is 9.46. The Labute approximate surface area is 145 Å². The van der Waals surface area contributed by atoms with E-state index in [1.165, 1.54) is 32.1 Å². The SMILES string of the molecule is CC(Oc1ccc(Br)cc1)C(=O)NCCSC1CCCCC1. The summed E-state index contributed by atoms with van der Waals surface area (Å²) in [5.41, 5.74) is 0. The van der Waals surface area contributed by atoms with Gasteiger partial charge >= 0.3 is 0 Å². The zero-order chi connectivity index (χ0) is 15.8. The highest BCUT2D eigenvalue weighted by Gasteiger charge is 2.16. The van der Waals surface area contributed by atoms with Crippen molar-refractivity contribution in [2.75, 3.05) is 12.3 Å². The van der Waals surface area contributed by atoms with E-state index >= 15 is 0 Å². The van der Waals surface area contributed by atoms with E-state index in [0.717, 1.165) is 15.5 Å². The molecule has 122 valence electrons. The summed E-state index contributed by atoms with van der Waals surface area (Å²) in [7, 11) is 0. The maximum atomic E-state index is 12.0. The van der Waals surface area contributed by atoms with Crippen LogP contribution in [-0.4, -0.2) is 29.6 Å². The molecule has 1 aromatic rings. The smallest absolute Gasteiger partial charge is 0.260 e. The lowest BCUT2D eigenvalue weighted by atomic mass is 10.0. The second-order valence-corrected chi connectivity index (χ2v) is 7.96. The fourth-order valence-corrected chi connectivity index (χ4v) is 4.03. The topological polar surface area (TPSA) is 38.3 Å². The Morgan fingerprint density at radius 2 is 2.00 bits per heavy atom. The van der Waals surface area contributed by atoms with E-state index in [-0.39, 0.29) is 5.91 Å². The van der Waals surface area contributed by atoms with Gasteiger partial charge in [0.1, 0.15) is 5.75 Å². The predicted octanol–water partition coefficient (Wildman–Crippen LogP) is 4.40. The monoisotopic (exact) mass is 385 g/mol. The van der Waals surface area contributed by atoms with Crippen LogP contribution in [0, 0.1) is 0 Å². The summed E-state index contributed by atoms with van der Waals surface area (Å²) in [6, 6.07) is 7.52. The summed E-state index contributed by atoms with van der Waals surface area (Å²) in [6.45, 7) is 2.50. The van der Waals surface area contributed by atoms with E-state index < -0.39 is 6.10 Å². The second-order valence-electron chi connectivity index (χ2n) is 5.64. The maximum Gasteiger partial charge on any atom is 0.260 e. The number of nitrogens with one attached hydrogen (secondary N) is 1. The molecule has 5 heteroatoms. The number of thioether (sulfide) groups is 1. The molecule has 1 amide bonds. The number of hydrogen-bond acceptors (Lipinski definition) is 3. The van der Waals surface area contributed by atoms with Crippen molar-refractivity contribution in [1.82, 2.24) is 5.32 Å². The Morgan fingerprint density at radius 1 is 1.32 bits per heavy atom. The maximum absolute atomic E-state index is 12.0. The molecule has 1 fully saturated rings. The van der Waals surface area contributed by atoms with Crippen LogP contribution in [0.25, 0.3) is 0 Å². The quantitative estimate of drug-likeness (QED) is 0.706. The summed E-state index contributed by atoms with van der Waals surface area (Å²) >= 11 is 5.37. The summed E-state index contributed by atoms with van der Waals surface area (Å²) in [4.78, 5) is 12.0. The van der Waals surface area contributed by atoms with Gasteiger partial charge in [-0.05, 0) is 44.0 Å². The number of carbonyl (C=O) groups is 1. The molecule has 0 radical (unpaired) electrons. The van der Waals surface area contributed by atoms with Gasteiger partial charge in [0.25, 0.3) is 5.91 Å². The first-order valence-electron chi connectivity index (χ1n) is 7.96. The lowest BCUT2D eigenvalue weighted by Gasteiger charge is -2.21. The summed E-state index contributed by atoms with van der Waals surface area (Å²) in [5.74, 6) is 1.65. The molecule has 0 spiro atoms. The fourth-order valence-electron chi connectivity index (χ4n) is 2.55. The molecule has 0 bridgehead atoms. The average molecular weight is 386 g/mol. The molecule has 1 aromatic carbocycles. The van der Waals surface area contributed by atoms with Crippen molar-refractivity contribution in [3.63, 3.8) is 0 Å². The van der Waals surface area contributed by atoms with E-state index in [1.807, 2.05) is 36.0 Å². The Bertz CT molecular complexity index is 460. The number of carbonyl (C=O) groups excluding carboxylic acids is 1. The van der Waals surface area contributed by atoms with Crippen molar-refractivity contribution in [1.29, 1.82) is 0 Å². The van der Waals surface area contributed by atoms with Crippen molar-refractivity contribution >= 4 is 33.6 Å². The zero-order valence-electron chi connectivity index (χ0n) is 13.0. The molecule has 3 nitrogen and oxygen atoms in total. The largest absolute Gasteiger partial charge is 0.481 e. The Morgan fingerprint density at radius 3 is 2.68 bits per heavy atom. The van der Waals surface area contributed by atoms with Crippen molar-refractivity contribution in [2.45, 2.75) is 50.4 Å². The van der Waals surface area contributed by atoms with Crippen LogP contribution >= 0.6 is 27.7 Å². The lowest BCUT2D eigenvalue weighted by molar-refractivity contribution is -0.127. The van der Waals surface area contributed by atoms with Gasteiger partial charge < -0.3 is 10.1 Å². The van der Waals surface area contributed by atoms with Crippen LogP contribution in [0.4, 0.5) is 0 Å². The Kier molecular flexibility index (Phi) is 7.60. The fraction of sp³-hybridized carbons (Fsp3) is 0.588. The molecule has 0 saturated heterocycles. The molecule has 0 heterocycles. The number of ether oxygens (including phenoxy) is 1. The van der Waals surface area contributed by atoms with Crippen LogP contribution in [0.2, 0.25) is 0 Å². The molecular weight excluding hydrogens is 362 g/mol. The molecule has 2 rings (SSSR count). The van der Waals surface area contributed by atoms with E-state index in [2.05, 4.69) is 21.2 Å². The summed E-state index contributed by atoms with van der Waals surface area (Å²) < 4.78 is 6.64. The van der Waals surface area contributed by atoms with Crippen molar-refractivity contribution in [3.8, 4) is 5.75 Å². The minimum Gasteiger partial charge on any atom is -0.481 e. The third-order valence-electron chi connectivity index (χ3n) is 3.80. The van der Waals surface area contributed by atoms with Crippen LogP contribution in [0.1, 0.15) is 39.0 Å². The molecule has 1 unspecified atom stereocenters. The van der Waals surface area contributed by atoms with Gasteiger partial charge in [0.2, 0.25) is 0 Å². The van der Waals surface area contributed by atoms with Gasteiger partial charge in [-0.1, -0.05) is 35.2 Å². The number of benzene rings is 1. The first-order chi connectivity index (χ1) is 10.6. The third-order valence-corrected chi connectivity index (χ3v) is 5.71. The average Bonchev–Trinajstić information content (AvgIpc) is 2.54. The Hall–Kier alpha value is -0.680. The van der Waals surface area contributed by atoms with Gasteiger partial charge in [0.05, 0.1) is 0 Å². The van der Waals surface area contributed by atoms with Gasteiger partial charge in [-0.15, -0.1) is 0 Å². The van der Waals surface area contributed by atoms with E-state index in [9.17, 15) is 4.79 Å². The van der Waals surface area contributed by atoms with Gasteiger partial charge in [0, 0.05) is 22.0 Å². The highest BCUT2D eigenvalue weighted by Crippen LogP contribution is 2.27. The molecule has 1 saturated carbocycles. The van der Waals surface area contributed by atoms with Gasteiger partial charge in [-0.25, -0.2) is 0 Å². The standard InChI is InChI=1S/C17H24BrNO2S/c1-13(21-15-9-7-14(18)8-10-15)17(20)19-11-12-22-16-5-3-2-4-6-16/h7-10,13,16H,2-6,11-12H2,1H3,(H,19,20). The van der Waals surface area contributed by atoms with E-state index in [0.29, 0.717) is 12.3 Å². The lowest BCUT2D eigenvalue weighted by Crippen LogP contribution is -2.37. The van der Waals surface area contributed by atoms with Crippen molar-refractivity contribution in [3.05, 3.63) is 28.7 Å². The normalized spacial score (nSPS) is 17.0. The van der Waals surface area contributed by atoms with Crippen LogP contribution in [0.3, 0.4) is 0 Å². The molecule has 22 heavy (non-hydrogen) atoms. The zero-order valence-corrected chi connectivity index (χ0v) is 15.4.